The number of benzene rings is 1. The average molecular weight is 350 g/mol. The lowest BCUT2D eigenvalue weighted by Crippen LogP contribution is -2.34. The lowest BCUT2D eigenvalue weighted by molar-refractivity contribution is -0.123. The van der Waals surface area contributed by atoms with Crippen molar-refractivity contribution < 1.29 is 4.79 Å². The lowest BCUT2D eigenvalue weighted by atomic mass is 10.1. The summed E-state index contributed by atoms with van der Waals surface area (Å²) in [5, 5.41) is 7.34. The van der Waals surface area contributed by atoms with E-state index in [0.717, 1.165) is 34.0 Å². The summed E-state index contributed by atoms with van der Waals surface area (Å²) in [5.74, 6) is 0.122. The fourth-order valence-electron chi connectivity index (χ4n) is 2.04. The molecule has 0 bridgehead atoms. The number of hydrogen-bond acceptors (Lipinski definition) is 3. The number of rotatable bonds is 6. The molecule has 1 aromatic heterocycles. The van der Waals surface area contributed by atoms with E-state index in [4.69, 9.17) is 0 Å². The molecular formula is C16H20BrN3O. The number of nitrogens with one attached hydrogen (secondary N) is 2. The number of amides is 1. The third-order valence-corrected chi connectivity index (χ3v) is 3.93. The van der Waals surface area contributed by atoms with Crippen LogP contribution < -0.4 is 10.6 Å². The lowest BCUT2D eigenvalue weighted by Gasteiger charge is -2.10. The van der Waals surface area contributed by atoms with Crippen LogP contribution in [0.15, 0.2) is 34.9 Å². The molecule has 0 aliphatic rings. The minimum Gasteiger partial charge on any atom is -0.355 e. The Bertz CT molecular complexity index is 628. The van der Waals surface area contributed by atoms with Gasteiger partial charge in [-0.05, 0) is 17.7 Å². The Morgan fingerprint density at radius 2 is 2.10 bits per heavy atom. The number of halogens is 1. The van der Waals surface area contributed by atoms with Crippen LogP contribution >= 0.6 is 15.9 Å². The zero-order valence-corrected chi connectivity index (χ0v) is 13.9. The van der Waals surface area contributed by atoms with Crippen molar-refractivity contribution in [2.75, 3.05) is 13.1 Å². The topological polar surface area (TPSA) is 54.0 Å². The van der Waals surface area contributed by atoms with Crippen molar-refractivity contribution in [3.8, 4) is 0 Å². The average Bonchev–Trinajstić information content (AvgIpc) is 2.49. The molecule has 0 fully saturated rings. The van der Waals surface area contributed by atoms with Gasteiger partial charge >= 0.3 is 0 Å². The Morgan fingerprint density at radius 1 is 1.29 bits per heavy atom. The maximum absolute atomic E-state index is 11.4. The number of carbonyl (C=O) groups is 1. The molecule has 5 heteroatoms. The van der Waals surface area contributed by atoms with Gasteiger partial charge in [0.25, 0.3) is 0 Å². The second kappa shape index (κ2) is 7.52. The van der Waals surface area contributed by atoms with E-state index in [0.29, 0.717) is 6.54 Å². The Balaban J connectivity index is 1.90. The van der Waals surface area contributed by atoms with Crippen molar-refractivity contribution in [2.24, 2.45) is 5.92 Å². The second-order valence-electron chi connectivity index (χ2n) is 5.23. The predicted octanol–water partition coefficient (Wildman–Crippen LogP) is 2.86. The molecule has 0 aliphatic carbocycles. The van der Waals surface area contributed by atoms with Gasteiger partial charge in [-0.25, -0.2) is 0 Å². The van der Waals surface area contributed by atoms with Crippen LogP contribution in [0.1, 0.15) is 19.4 Å². The molecule has 112 valence electrons. The van der Waals surface area contributed by atoms with E-state index in [9.17, 15) is 4.79 Å². The van der Waals surface area contributed by atoms with E-state index in [1.54, 1.807) is 6.20 Å². The molecule has 0 unspecified atom stereocenters. The Hall–Kier alpha value is -1.46. The summed E-state index contributed by atoms with van der Waals surface area (Å²) in [7, 11) is 0. The summed E-state index contributed by atoms with van der Waals surface area (Å²) < 4.78 is 1.05. The summed E-state index contributed by atoms with van der Waals surface area (Å²) in [5.41, 5.74) is 2.16. The minimum atomic E-state index is 0.0321. The Labute approximate surface area is 133 Å². The van der Waals surface area contributed by atoms with E-state index < -0.39 is 0 Å². The Kier molecular flexibility index (Phi) is 5.70. The van der Waals surface area contributed by atoms with Crippen LogP contribution in [-0.2, 0) is 11.3 Å². The highest BCUT2D eigenvalue weighted by atomic mass is 79.9. The minimum absolute atomic E-state index is 0.0321. The molecule has 0 spiro atoms. The first kappa shape index (κ1) is 15.9. The summed E-state index contributed by atoms with van der Waals surface area (Å²) in [6.45, 7) is 5.89. The number of aromatic nitrogens is 1. The van der Waals surface area contributed by atoms with E-state index >= 15 is 0 Å². The van der Waals surface area contributed by atoms with Gasteiger partial charge in [-0.15, -0.1) is 0 Å². The van der Waals surface area contributed by atoms with Gasteiger partial charge in [-0.3, -0.25) is 9.78 Å². The van der Waals surface area contributed by atoms with Crippen LogP contribution in [0.2, 0.25) is 0 Å². The van der Waals surface area contributed by atoms with Crippen molar-refractivity contribution in [1.29, 1.82) is 0 Å². The van der Waals surface area contributed by atoms with E-state index in [-0.39, 0.29) is 11.8 Å². The molecular weight excluding hydrogens is 330 g/mol. The molecule has 0 radical (unpaired) electrons. The number of pyridine rings is 1. The fraction of sp³-hybridized carbons (Fsp3) is 0.375. The predicted molar refractivity (Wildman–Crippen MR) is 89.0 cm³/mol. The van der Waals surface area contributed by atoms with E-state index in [1.807, 2.05) is 26.0 Å². The number of fused-ring (bicyclic) bond motifs is 1. The van der Waals surface area contributed by atoms with Crippen molar-refractivity contribution in [3.05, 3.63) is 40.5 Å². The molecule has 0 atom stereocenters. The van der Waals surface area contributed by atoms with E-state index in [1.165, 1.54) is 0 Å². The monoisotopic (exact) mass is 349 g/mol. The molecule has 21 heavy (non-hydrogen) atoms. The molecule has 1 amide bonds. The zero-order valence-electron chi connectivity index (χ0n) is 12.3. The van der Waals surface area contributed by atoms with Gasteiger partial charge in [0, 0.05) is 41.6 Å². The third-order valence-electron chi connectivity index (χ3n) is 3.24. The van der Waals surface area contributed by atoms with Gasteiger partial charge in [0.1, 0.15) is 0 Å². The van der Waals surface area contributed by atoms with Gasteiger partial charge in [0.05, 0.1) is 5.52 Å². The molecule has 0 saturated carbocycles. The standard InChI is InChI=1S/C16H20BrN3O/c1-11(2)16(21)20-9-8-18-10-12-5-6-14(17)13-4-3-7-19-15(12)13/h3-7,11,18H,8-10H2,1-2H3,(H,20,21). The van der Waals surface area contributed by atoms with Gasteiger partial charge < -0.3 is 10.6 Å². The van der Waals surface area contributed by atoms with Crippen LogP contribution in [0.5, 0.6) is 0 Å². The van der Waals surface area contributed by atoms with Gasteiger partial charge in [0.2, 0.25) is 5.91 Å². The summed E-state index contributed by atoms with van der Waals surface area (Å²) in [4.78, 5) is 15.9. The van der Waals surface area contributed by atoms with Crippen LogP contribution in [-0.4, -0.2) is 24.0 Å². The normalized spacial score (nSPS) is 11.0. The molecule has 4 nitrogen and oxygen atoms in total. The van der Waals surface area contributed by atoms with Crippen LogP contribution in [0, 0.1) is 5.92 Å². The quantitative estimate of drug-likeness (QED) is 0.788. The van der Waals surface area contributed by atoms with Crippen molar-refractivity contribution in [3.63, 3.8) is 0 Å². The number of hydrogen-bond donors (Lipinski definition) is 2. The summed E-state index contributed by atoms with van der Waals surface area (Å²) >= 11 is 3.55. The smallest absolute Gasteiger partial charge is 0.222 e. The number of carbonyl (C=O) groups excluding carboxylic acids is 1. The first-order valence-electron chi connectivity index (χ1n) is 7.10. The van der Waals surface area contributed by atoms with Crippen LogP contribution in [0.4, 0.5) is 0 Å². The summed E-state index contributed by atoms with van der Waals surface area (Å²) in [6.07, 6.45) is 1.81. The van der Waals surface area contributed by atoms with Gasteiger partial charge in [-0.2, -0.15) is 0 Å². The molecule has 2 rings (SSSR count). The zero-order chi connectivity index (χ0) is 15.2. The van der Waals surface area contributed by atoms with Crippen LogP contribution in [0.3, 0.4) is 0 Å². The SMILES string of the molecule is CC(C)C(=O)NCCNCc1ccc(Br)c2cccnc12. The highest BCUT2D eigenvalue weighted by Gasteiger charge is 2.06. The first-order valence-corrected chi connectivity index (χ1v) is 7.89. The highest BCUT2D eigenvalue weighted by molar-refractivity contribution is 9.10. The highest BCUT2D eigenvalue weighted by Crippen LogP contribution is 2.24. The molecule has 1 heterocycles. The van der Waals surface area contributed by atoms with Crippen LogP contribution in [0.25, 0.3) is 10.9 Å². The first-order chi connectivity index (χ1) is 10.1. The van der Waals surface area contributed by atoms with Crippen molar-refractivity contribution >= 4 is 32.7 Å². The fourth-order valence-corrected chi connectivity index (χ4v) is 2.49. The van der Waals surface area contributed by atoms with Crippen molar-refractivity contribution in [1.82, 2.24) is 15.6 Å². The molecule has 1 aromatic carbocycles. The Morgan fingerprint density at radius 3 is 2.86 bits per heavy atom. The maximum Gasteiger partial charge on any atom is 0.222 e. The molecule has 2 aromatic rings. The molecule has 0 saturated heterocycles. The third kappa shape index (κ3) is 4.25. The van der Waals surface area contributed by atoms with Gasteiger partial charge in [0.15, 0.2) is 0 Å². The van der Waals surface area contributed by atoms with Gasteiger partial charge in [-0.1, -0.05) is 41.9 Å². The summed E-state index contributed by atoms with van der Waals surface area (Å²) in [6, 6.07) is 8.10. The second-order valence-corrected chi connectivity index (χ2v) is 6.08. The largest absolute Gasteiger partial charge is 0.355 e. The van der Waals surface area contributed by atoms with Crippen molar-refractivity contribution in [2.45, 2.75) is 20.4 Å². The molecule has 0 aliphatic heterocycles. The molecule has 2 N–H and O–H groups in total. The van der Waals surface area contributed by atoms with E-state index in [2.05, 4.69) is 43.7 Å². The maximum atomic E-state index is 11.4. The number of nitrogens with zero attached hydrogens (tertiary/aromatic N) is 1.